The summed E-state index contributed by atoms with van der Waals surface area (Å²) in [5.41, 5.74) is 0. The van der Waals surface area contributed by atoms with Gasteiger partial charge in [0.05, 0.1) is 30.4 Å². The average Bonchev–Trinajstić information content (AvgIpc) is 3.06. The van der Waals surface area contributed by atoms with E-state index in [4.69, 9.17) is 9.15 Å². The van der Waals surface area contributed by atoms with E-state index in [-0.39, 0.29) is 11.4 Å². The highest BCUT2D eigenvalue weighted by molar-refractivity contribution is 7.89. The molecule has 1 heterocycles. The summed E-state index contributed by atoms with van der Waals surface area (Å²) in [5, 5.41) is 2.61. The van der Waals surface area contributed by atoms with Gasteiger partial charge in [-0.2, -0.15) is 4.72 Å². The first-order chi connectivity index (χ1) is 11.4. The van der Waals surface area contributed by atoms with Crippen molar-refractivity contribution < 1.29 is 22.4 Å². The Morgan fingerprint density at radius 3 is 2.54 bits per heavy atom. The van der Waals surface area contributed by atoms with E-state index in [1.807, 2.05) is 6.92 Å². The van der Waals surface area contributed by atoms with Crippen molar-refractivity contribution in [2.75, 3.05) is 6.61 Å². The monoisotopic (exact) mass is 352 g/mol. The standard InChI is InChI=1S/C16H20N2O5S/c1-3-22-13-6-8-15(9-7-13)24(20,21)18-12(2)16(19)17-11-14-5-4-10-23-14/h4-10,12,18H,3,11H2,1-2H3,(H,17,19)/t12-/m0/s1. The number of hydrogen-bond acceptors (Lipinski definition) is 5. The Bertz CT molecular complexity index is 754. The third-order valence-corrected chi connectivity index (χ3v) is 4.74. The van der Waals surface area contributed by atoms with Gasteiger partial charge in [0, 0.05) is 0 Å². The fraction of sp³-hybridized carbons (Fsp3) is 0.312. The van der Waals surface area contributed by atoms with Crippen LogP contribution in [0.3, 0.4) is 0 Å². The largest absolute Gasteiger partial charge is 0.494 e. The van der Waals surface area contributed by atoms with Gasteiger partial charge in [0.15, 0.2) is 0 Å². The molecule has 1 aromatic carbocycles. The van der Waals surface area contributed by atoms with Crippen LogP contribution < -0.4 is 14.8 Å². The summed E-state index contributed by atoms with van der Waals surface area (Å²) in [6.07, 6.45) is 1.50. The number of amides is 1. The number of ether oxygens (including phenoxy) is 1. The Hall–Kier alpha value is -2.32. The molecule has 0 radical (unpaired) electrons. The van der Waals surface area contributed by atoms with Gasteiger partial charge in [0.2, 0.25) is 15.9 Å². The Kier molecular flexibility index (Phi) is 5.99. The summed E-state index contributed by atoms with van der Waals surface area (Å²) < 4.78 is 37.3. The molecule has 0 spiro atoms. The molecule has 1 atom stereocenters. The highest BCUT2D eigenvalue weighted by Gasteiger charge is 2.22. The van der Waals surface area contributed by atoms with Crippen LogP contribution in [0.25, 0.3) is 0 Å². The molecule has 0 aliphatic heterocycles. The lowest BCUT2D eigenvalue weighted by atomic mass is 10.3. The zero-order chi connectivity index (χ0) is 17.6. The van der Waals surface area contributed by atoms with Gasteiger partial charge >= 0.3 is 0 Å². The molecule has 7 nitrogen and oxygen atoms in total. The summed E-state index contributed by atoms with van der Waals surface area (Å²) in [7, 11) is -3.80. The van der Waals surface area contributed by atoms with Crippen LogP contribution in [0, 0.1) is 0 Å². The zero-order valence-electron chi connectivity index (χ0n) is 13.5. The third kappa shape index (κ3) is 4.84. The highest BCUT2D eigenvalue weighted by Crippen LogP contribution is 2.16. The molecule has 2 aromatic rings. The van der Waals surface area contributed by atoms with Crippen LogP contribution in [0.2, 0.25) is 0 Å². The second kappa shape index (κ2) is 7.98. The number of nitrogens with one attached hydrogen (secondary N) is 2. The first-order valence-corrected chi connectivity index (χ1v) is 8.96. The fourth-order valence-corrected chi connectivity index (χ4v) is 3.18. The van der Waals surface area contributed by atoms with Gasteiger partial charge in [0.25, 0.3) is 0 Å². The van der Waals surface area contributed by atoms with E-state index in [2.05, 4.69) is 10.0 Å². The van der Waals surface area contributed by atoms with Gasteiger partial charge in [-0.3, -0.25) is 4.79 Å². The van der Waals surface area contributed by atoms with Crippen molar-refractivity contribution in [3.05, 3.63) is 48.4 Å². The predicted octanol–water partition coefficient (Wildman–Crippen LogP) is 1.66. The summed E-state index contributed by atoms with van der Waals surface area (Å²) in [6.45, 7) is 4.01. The van der Waals surface area contributed by atoms with Crippen LogP contribution in [0.15, 0.2) is 52.0 Å². The molecule has 0 saturated heterocycles. The van der Waals surface area contributed by atoms with Crippen molar-refractivity contribution >= 4 is 15.9 Å². The summed E-state index contributed by atoms with van der Waals surface area (Å²) in [6, 6.07) is 8.51. The molecule has 1 amide bonds. The van der Waals surface area contributed by atoms with Crippen molar-refractivity contribution in [1.29, 1.82) is 0 Å². The van der Waals surface area contributed by atoms with Crippen LogP contribution in [-0.2, 0) is 21.4 Å². The second-order valence-corrected chi connectivity index (χ2v) is 6.76. The van der Waals surface area contributed by atoms with Crippen LogP contribution in [0.4, 0.5) is 0 Å². The highest BCUT2D eigenvalue weighted by atomic mass is 32.2. The molecule has 8 heteroatoms. The Morgan fingerprint density at radius 1 is 1.25 bits per heavy atom. The van der Waals surface area contributed by atoms with E-state index in [1.54, 1.807) is 24.3 Å². The van der Waals surface area contributed by atoms with E-state index in [9.17, 15) is 13.2 Å². The number of benzene rings is 1. The molecule has 1 aromatic heterocycles. The van der Waals surface area contributed by atoms with Gasteiger partial charge in [0.1, 0.15) is 11.5 Å². The first kappa shape index (κ1) is 18.0. The average molecular weight is 352 g/mol. The van der Waals surface area contributed by atoms with Crippen LogP contribution >= 0.6 is 0 Å². The Balaban J connectivity index is 1.95. The number of hydrogen-bond donors (Lipinski definition) is 2. The minimum Gasteiger partial charge on any atom is -0.494 e. The van der Waals surface area contributed by atoms with Crippen molar-refractivity contribution in [2.45, 2.75) is 31.3 Å². The molecule has 24 heavy (non-hydrogen) atoms. The van der Waals surface area contributed by atoms with Gasteiger partial charge in [-0.15, -0.1) is 0 Å². The molecule has 0 bridgehead atoms. The molecular weight excluding hydrogens is 332 g/mol. The van der Waals surface area contributed by atoms with E-state index >= 15 is 0 Å². The summed E-state index contributed by atoms with van der Waals surface area (Å²) >= 11 is 0. The van der Waals surface area contributed by atoms with Crippen LogP contribution in [-0.4, -0.2) is 27.0 Å². The molecule has 0 unspecified atom stereocenters. The van der Waals surface area contributed by atoms with Gasteiger partial charge in [-0.25, -0.2) is 8.42 Å². The van der Waals surface area contributed by atoms with Crippen molar-refractivity contribution in [3.63, 3.8) is 0 Å². The van der Waals surface area contributed by atoms with E-state index in [0.29, 0.717) is 18.1 Å². The predicted molar refractivity (Wildman–Crippen MR) is 87.9 cm³/mol. The maximum atomic E-state index is 12.3. The van der Waals surface area contributed by atoms with Crippen molar-refractivity contribution in [1.82, 2.24) is 10.0 Å². The number of furan rings is 1. The first-order valence-electron chi connectivity index (χ1n) is 7.47. The SMILES string of the molecule is CCOc1ccc(S(=O)(=O)N[C@@H](C)C(=O)NCc2ccco2)cc1. The van der Waals surface area contributed by atoms with E-state index < -0.39 is 22.0 Å². The van der Waals surface area contributed by atoms with E-state index in [1.165, 1.54) is 25.3 Å². The number of rotatable bonds is 8. The maximum absolute atomic E-state index is 12.3. The van der Waals surface area contributed by atoms with Crippen LogP contribution in [0.5, 0.6) is 5.75 Å². The number of carbonyl (C=O) groups is 1. The van der Waals surface area contributed by atoms with Crippen molar-refractivity contribution in [2.24, 2.45) is 0 Å². The normalized spacial score (nSPS) is 12.6. The lowest BCUT2D eigenvalue weighted by molar-refractivity contribution is -0.122. The molecule has 130 valence electrons. The van der Waals surface area contributed by atoms with Gasteiger partial charge in [-0.05, 0) is 50.2 Å². The topological polar surface area (TPSA) is 97.6 Å². The lowest BCUT2D eigenvalue weighted by Gasteiger charge is -2.14. The maximum Gasteiger partial charge on any atom is 0.241 e. The van der Waals surface area contributed by atoms with Crippen molar-refractivity contribution in [3.8, 4) is 5.75 Å². The minimum atomic E-state index is -3.80. The Labute approximate surface area is 141 Å². The molecule has 0 aliphatic carbocycles. The summed E-state index contributed by atoms with van der Waals surface area (Å²) in [4.78, 5) is 12.1. The molecule has 0 saturated carbocycles. The third-order valence-electron chi connectivity index (χ3n) is 3.19. The molecule has 0 fully saturated rings. The quantitative estimate of drug-likeness (QED) is 0.753. The smallest absolute Gasteiger partial charge is 0.241 e. The second-order valence-electron chi connectivity index (χ2n) is 5.04. The minimum absolute atomic E-state index is 0.0663. The molecule has 0 aliphatic rings. The molecular formula is C16H20N2O5S. The fourth-order valence-electron chi connectivity index (χ4n) is 1.98. The van der Waals surface area contributed by atoms with Crippen LogP contribution in [0.1, 0.15) is 19.6 Å². The zero-order valence-corrected chi connectivity index (χ0v) is 14.3. The van der Waals surface area contributed by atoms with Gasteiger partial charge < -0.3 is 14.5 Å². The van der Waals surface area contributed by atoms with E-state index in [0.717, 1.165) is 0 Å². The number of carbonyl (C=O) groups excluding carboxylic acids is 1. The van der Waals surface area contributed by atoms with Gasteiger partial charge in [-0.1, -0.05) is 0 Å². The summed E-state index contributed by atoms with van der Waals surface area (Å²) in [5.74, 6) is 0.728. The lowest BCUT2D eigenvalue weighted by Crippen LogP contribution is -2.44. The Morgan fingerprint density at radius 2 is 1.96 bits per heavy atom. The number of sulfonamides is 1. The molecule has 2 N–H and O–H groups in total. The molecule has 2 rings (SSSR count).